The van der Waals surface area contributed by atoms with Crippen molar-refractivity contribution in [3.8, 4) is 5.75 Å². The highest BCUT2D eigenvalue weighted by atomic mass is 19.4. The van der Waals surface area contributed by atoms with Gasteiger partial charge in [-0.25, -0.2) is 4.98 Å². The van der Waals surface area contributed by atoms with Crippen molar-refractivity contribution in [1.29, 1.82) is 0 Å². The molecule has 8 nitrogen and oxygen atoms in total. The summed E-state index contributed by atoms with van der Waals surface area (Å²) >= 11 is 0. The van der Waals surface area contributed by atoms with Crippen LogP contribution in [0, 0.1) is 0 Å². The molecule has 0 aliphatic carbocycles. The highest BCUT2D eigenvalue weighted by molar-refractivity contribution is 5.92. The average Bonchev–Trinajstić information content (AvgIpc) is 3.21. The van der Waals surface area contributed by atoms with Crippen LogP contribution in [0.25, 0.3) is 11.1 Å². The lowest BCUT2D eigenvalue weighted by atomic mass is 10.2. The van der Waals surface area contributed by atoms with Crippen LogP contribution < -0.4 is 10.1 Å². The number of anilines is 1. The van der Waals surface area contributed by atoms with Gasteiger partial charge in [-0.3, -0.25) is 14.5 Å². The number of benzene rings is 2. The minimum Gasteiger partial charge on any atom is -0.441 e. The number of nitrogens with zero attached hydrogens (tertiary/aromatic N) is 3. The highest BCUT2D eigenvalue weighted by Gasteiger charge is 2.31. The van der Waals surface area contributed by atoms with Crippen molar-refractivity contribution in [3.63, 3.8) is 0 Å². The average molecular weight is 476 g/mol. The maximum Gasteiger partial charge on any atom is 0.573 e. The first kappa shape index (κ1) is 23.6. The molecule has 1 N–H and O–H groups in total. The lowest BCUT2D eigenvalue weighted by molar-refractivity contribution is -0.274. The number of rotatable bonds is 7. The van der Waals surface area contributed by atoms with Gasteiger partial charge in [-0.2, -0.15) is 0 Å². The van der Waals surface area contributed by atoms with Crippen molar-refractivity contribution in [1.82, 2.24) is 14.8 Å². The van der Waals surface area contributed by atoms with E-state index < -0.39 is 6.36 Å². The van der Waals surface area contributed by atoms with E-state index in [4.69, 9.17) is 4.42 Å². The zero-order chi connectivity index (χ0) is 24.1. The molecule has 0 spiro atoms. The number of aryl methyl sites for hydroxylation is 1. The summed E-state index contributed by atoms with van der Waals surface area (Å²) in [6, 6.07) is 12.4. The van der Waals surface area contributed by atoms with Crippen LogP contribution in [0.15, 0.2) is 52.9 Å². The summed E-state index contributed by atoms with van der Waals surface area (Å²) in [5.74, 6) is -0.113. The first-order chi connectivity index (χ1) is 16.2. The Morgan fingerprint density at radius 2 is 1.74 bits per heavy atom. The summed E-state index contributed by atoms with van der Waals surface area (Å²) in [7, 11) is 0. The number of oxazole rings is 1. The van der Waals surface area contributed by atoms with E-state index in [0.717, 1.165) is 17.6 Å². The van der Waals surface area contributed by atoms with Crippen LogP contribution in [-0.4, -0.2) is 65.7 Å². The Morgan fingerprint density at radius 1 is 1.03 bits per heavy atom. The molecule has 2 heterocycles. The number of nitrogens with one attached hydrogen (secondary N) is 1. The van der Waals surface area contributed by atoms with Gasteiger partial charge in [0.15, 0.2) is 11.5 Å². The number of amides is 2. The molecule has 34 heavy (non-hydrogen) atoms. The lowest BCUT2D eigenvalue weighted by Crippen LogP contribution is -2.50. The van der Waals surface area contributed by atoms with E-state index in [9.17, 15) is 22.8 Å². The number of fused-ring (bicyclic) bond motifs is 1. The summed E-state index contributed by atoms with van der Waals surface area (Å²) in [6.07, 6.45) is -4.05. The number of aromatic nitrogens is 1. The zero-order valence-corrected chi connectivity index (χ0v) is 18.2. The molecule has 1 aliphatic heterocycles. The molecule has 180 valence electrons. The molecule has 0 bridgehead atoms. The van der Waals surface area contributed by atoms with Crippen molar-refractivity contribution in [2.24, 2.45) is 0 Å². The molecule has 11 heteroatoms. The Hall–Kier alpha value is -3.60. The number of hydrogen-bond donors (Lipinski definition) is 1. The van der Waals surface area contributed by atoms with Crippen LogP contribution >= 0.6 is 0 Å². The maximum atomic E-state index is 12.5. The zero-order valence-electron chi connectivity index (χ0n) is 18.2. The molecular formula is C23H23F3N4O4. The van der Waals surface area contributed by atoms with Gasteiger partial charge in [0, 0.05) is 44.7 Å². The molecule has 2 aromatic carbocycles. The summed E-state index contributed by atoms with van der Waals surface area (Å²) < 4.78 is 46.1. The Balaban J connectivity index is 1.18. The van der Waals surface area contributed by atoms with E-state index >= 15 is 0 Å². The van der Waals surface area contributed by atoms with Crippen molar-refractivity contribution in [2.75, 3.05) is 38.0 Å². The van der Waals surface area contributed by atoms with Gasteiger partial charge in [0.25, 0.3) is 0 Å². The predicted molar refractivity (Wildman–Crippen MR) is 117 cm³/mol. The second-order valence-electron chi connectivity index (χ2n) is 7.85. The van der Waals surface area contributed by atoms with Crippen LogP contribution in [0.4, 0.5) is 18.9 Å². The first-order valence-corrected chi connectivity index (χ1v) is 10.8. The molecule has 4 rings (SSSR count). The van der Waals surface area contributed by atoms with Crippen molar-refractivity contribution < 1.29 is 31.9 Å². The minimum atomic E-state index is -4.77. The third-order valence-electron chi connectivity index (χ3n) is 5.35. The van der Waals surface area contributed by atoms with Gasteiger partial charge in [-0.15, -0.1) is 13.2 Å². The molecule has 0 radical (unpaired) electrons. The number of para-hydroxylation sites is 2. The third-order valence-corrected chi connectivity index (χ3v) is 5.35. The topological polar surface area (TPSA) is 87.9 Å². The first-order valence-electron chi connectivity index (χ1n) is 10.8. The Labute approximate surface area is 193 Å². The van der Waals surface area contributed by atoms with Crippen LogP contribution in [0.2, 0.25) is 0 Å². The van der Waals surface area contributed by atoms with Crippen molar-refractivity contribution in [2.45, 2.75) is 19.2 Å². The van der Waals surface area contributed by atoms with Gasteiger partial charge in [-0.05, 0) is 36.4 Å². The smallest absolute Gasteiger partial charge is 0.441 e. The third kappa shape index (κ3) is 6.47. The van der Waals surface area contributed by atoms with Crippen molar-refractivity contribution >= 4 is 28.6 Å². The van der Waals surface area contributed by atoms with Gasteiger partial charge in [0.1, 0.15) is 11.3 Å². The standard InChI is InChI=1S/C23H23F3N4O4/c24-23(25,26)34-17-7-5-16(6-8-17)27-20(31)15-29-11-13-30(14-12-29)22(32)10-9-21-28-18-3-1-2-4-19(18)33-21/h1-8H,9-15H2,(H,27,31). The summed E-state index contributed by atoms with van der Waals surface area (Å²) in [6.45, 7) is 2.21. The number of carbonyl (C=O) groups excluding carboxylic acids is 2. The molecule has 1 saturated heterocycles. The van der Waals surface area contributed by atoms with E-state index in [1.807, 2.05) is 29.2 Å². The summed E-state index contributed by atoms with van der Waals surface area (Å²) in [5.41, 5.74) is 1.83. The number of piperazine rings is 1. The molecule has 2 amide bonds. The van der Waals surface area contributed by atoms with E-state index in [1.54, 1.807) is 4.90 Å². The van der Waals surface area contributed by atoms with Gasteiger partial charge in [0.05, 0.1) is 6.54 Å². The van der Waals surface area contributed by atoms with E-state index in [2.05, 4.69) is 15.0 Å². The minimum absolute atomic E-state index is 0.00697. The van der Waals surface area contributed by atoms with Crippen LogP contribution in [0.1, 0.15) is 12.3 Å². The van der Waals surface area contributed by atoms with E-state index in [-0.39, 0.29) is 24.1 Å². The fourth-order valence-electron chi connectivity index (χ4n) is 3.70. The van der Waals surface area contributed by atoms with Gasteiger partial charge in [-0.1, -0.05) is 12.1 Å². The van der Waals surface area contributed by atoms with Gasteiger partial charge in [0.2, 0.25) is 11.8 Å². The van der Waals surface area contributed by atoms with E-state index in [1.165, 1.54) is 12.1 Å². The van der Waals surface area contributed by atoms with Gasteiger partial charge < -0.3 is 19.4 Å². The monoisotopic (exact) mass is 476 g/mol. The lowest BCUT2D eigenvalue weighted by Gasteiger charge is -2.34. The molecule has 1 fully saturated rings. The van der Waals surface area contributed by atoms with Gasteiger partial charge >= 0.3 is 6.36 Å². The van der Waals surface area contributed by atoms with Crippen molar-refractivity contribution in [3.05, 3.63) is 54.4 Å². The number of halogens is 3. The SMILES string of the molecule is O=C(CN1CCN(C(=O)CCc2nc3ccccc3o2)CC1)Nc1ccc(OC(F)(F)F)cc1. The second-order valence-corrected chi connectivity index (χ2v) is 7.85. The fourth-order valence-corrected chi connectivity index (χ4v) is 3.70. The van der Waals surface area contributed by atoms with Crippen LogP contribution in [-0.2, 0) is 16.0 Å². The Morgan fingerprint density at radius 3 is 2.41 bits per heavy atom. The van der Waals surface area contributed by atoms with E-state index in [0.29, 0.717) is 56.2 Å². The Bertz CT molecular complexity index is 1110. The predicted octanol–water partition coefficient (Wildman–Crippen LogP) is 3.44. The normalized spacial score (nSPS) is 14.9. The highest BCUT2D eigenvalue weighted by Crippen LogP contribution is 2.24. The fraction of sp³-hybridized carbons (Fsp3) is 0.348. The largest absolute Gasteiger partial charge is 0.573 e. The molecule has 0 saturated carbocycles. The van der Waals surface area contributed by atoms with Crippen LogP contribution in [0.3, 0.4) is 0 Å². The molecule has 1 aliphatic rings. The molecule has 0 atom stereocenters. The summed E-state index contributed by atoms with van der Waals surface area (Å²) in [4.78, 5) is 32.9. The second kappa shape index (κ2) is 10.1. The molecule has 0 unspecified atom stereocenters. The molecule has 1 aromatic heterocycles. The number of ether oxygens (including phenoxy) is 1. The van der Waals surface area contributed by atoms with Crippen LogP contribution in [0.5, 0.6) is 5.75 Å². The quantitative estimate of drug-likeness (QED) is 0.562. The number of carbonyl (C=O) groups is 2. The summed E-state index contributed by atoms with van der Waals surface area (Å²) in [5, 5.41) is 2.65. The molecule has 3 aromatic rings. The number of hydrogen-bond acceptors (Lipinski definition) is 6. The molecular weight excluding hydrogens is 453 g/mol. The Kier molecular flexibility index (Phi) is 7.01. The number of alkyl halides is 3. The maximum absolute atomic E-state index is 12.5.